The summed E-state index contributed by atoms with van der Waals surface area (Å²) in [6.07, 6.45) is 4.13. The zero-order valence-electron chi connectivity index (χ0n) is 8.75. The van der Waals surface area contributed by atoms with Gasteiger partial charge in [-0.05, 0) is 46.5 Å². The number of rotatable bonds is 2. The summed E-state index contributed by atoms with van der Waals surface area (Å²) in [5.74, 6) is 0.825. The fraction of sp³-hybridized carbons (Fsp3) is 0.333. The number of benzene rings is 1. The second-order valence-corrected chi connectivity index (χ2v) is 4.95. The Morgan fingerprint density at radius 1 is 1.44 bits per heavy atom. The van der Waals surface area contributed by atoms with Gasteiger partial charge < -0.3 is 10.5 Å². The van der Waals surface area contributed by atoms with Gasteiger partial charge in [0.05, 0.1) is 17.7 Å². The maximum atomic E-state index is 6.20. The van der Waals surface area contributed by atoms with E-state index in [2.05, 4.69) is 15.9 Å². The molecule has 2 rings (SSSR count). The van der Waals surface area contributed by atoms with E-state index in [4.69, 9.17) is 22.1 Å². The summed E-state index contributed by atoms with van der Waals surface area (Å²) in [4.78, 5) is 0. The van der Waals surface area contributed by atoms with E-state index in [0.29, 0.717) is 5.02 Å². The summed E-state index contributed by atoms with van der Waals surface area (Å²) in [5.41, 5.74) is 7.03. The van der Waals surface area contributed by atoms with E-state index in [0.717, 1.165) is 35.2 Å². The largest absolute Gasteiger partial charge is 0.496 e. The molecule has 1 heterocycles. The Labute approximate surface area is 109 Å². The zero-order valence-corrected chi connectivity index (χ0v) is 11.1. The number of ether oxygens (including phenoxy) is 1. The van der Waals surface area contributed by atoms with Crippen molar-refractivity contribution in [3.8, 4) is 0 Å². The van der Waals surface area contributed by atoms with Gasteiger partial charge in [-0.2, -0.15) is 0 Å². The molecule has 2 N–H and O–H groups in total. The second-order valence-electron chi connectivity index (χ2n) is 3.72. The van der Waals surface area contributed by atoms with E-state index in [9.17, 15) is 0 Å². The van der Waals surface area contributed by atoms with Crippen LogP contribution in [-0.4, -0.2) is 6.61 Å². The lowest BCUT2D eigenvalue weighted by atomic mass is 10.0. The van der Waals surface area contributed by atoms with Crippen LogP contribution < -0.4 is 5.73 Å². The minimum Gasteiger partial charge on any atom is -0.496 e. The second kappa shape index (κ2) is 5.21. The number of hydrogen-bond acceptors (Lipinski definition) is 2. The molecule has 2 nitrogen and oxygen atoms in total. The molecular formula is C12H13BrClNO. The smallest absolute Gasteiger partial charge is 0.113 e. The minimum atomic E-state index is -0.273. The van der Waals surface area contributed by atoms with Gasteiger partial charge in [0.2, 0.25) is 0 Å². The molecule has 86 valence electrons. The topological polar surface area (TPSA) is 35.2 Å². The van der Waals surface area contributed by atoms with Crippen molar-refractivity contribution in [1.29, 1.82) is 0 Å². The van der Waals surface area contributed by atoms with E-state index in [1.807, 2.05) is 24.3 Å². The van der Waals surface area contributed by atoms with Crippen LogP contribution in [0.5, 0.6) is 0 Å². The van der Waals surface area contributed by atoms with Crippen molar-refractivity contribution in [2.45, 2.75) is 18.9 Å². The maximum absolute atomic E-state index is 6.20. The minimum absolute atomic E-state index is 0.273. The molecule has 16 heavy (non-hydrogen) atoms. The SMILES string of the molecule is NC(C1=CCCCO1)c1cccc(Br)c1Cl. The van der Waals surface area contributed by atoms with Crippen molar-refractivity contribution in [3.05, 3.63) is 45.1 Å². The lowest BCUT2D eigenvalue weighted by Crippen LogP contribution is -2.18. The fourth-order valence-corrected chi connectivity index (χ4v) is 2.33. The van der Waals surface area contributed by atoms with Crippen LogP contribution in [0.4, 0.5) is 0 Å². The summed E-state index contributed by atoms with van der Waals surface area (Å²) < 4.78 is 6.41. The Hall–Kier alpha value is -0.510. The molecule has 0 radical (unpaired) electrons. The first kappa shape index (κ1) is 12.0. The highest BCUT2D eigenvalue weighted by atomic mass is 79.9. The predicted molar refractivity (Wildman–Crippen MR) is 69.3 cm³/mol. The van der Waals surface area contributed by atoms with Crippen LogP contribution in [0.3, 0.4) is 0 Å². The van der Waals surface area contributed by atoms with Crippen molar-refractivity contribution in [1.82, 2.24) is 0 Å². The molecule has 0 aromatic heterocycles. The third-order valence-corrected chi connectivity index (χ3v) is 3.90. The van der Waals surface area contributed by atoms with Crippen molar-refractivity contribution in [2.75, 3.05) is 6.61 Å². The molecule has 0 amide bonds. The molecule has 1 aliphatic heterocycles. The average Bonchev–Trinajstić information content (AvgIpc) is 2.33. The summed E-state index contributed by atoms with van der Waals surface area (Å²) in [6, 6.07) is 5.48. The van der Waals surface area contributed by atoms with Crippen LogP contribution in [0.1, 0.15) is 24.4 Å². The summed E-state index contributed by atoms with van der Waals surface area (Å²) in [7, 11) is 0. The Morgan fingerprint density at radius 2 is 2.25 bits per heavy atom. The highest BCUT2D eigenvalue weighted by molar-refractivity contribution is 9.10. The van der Waals surface area contributed by atoms with Crippen molar-refractivity contribution >= 4 is 27.5 Å². The Kier molecular flexibility index (Phi) is 3.90. The third kappa shape index (κ3) is 2.42. The normalized spacial score (nSPS) is 17.6. The van der Waals surface area contributed by atoms with E-state index < -0.39 is 0 Å². The van der Waals surface area contributed by atoms with Crippen molar-refractivity contribution in [2.24, 2.45) is 5.73 Å². The van der Waals surface area contributed by atoms with Crippen LogP contribution in [0.2, 0.25) is 5.02 Å². The Balaban J connectivity index is 2.29. The van der Waals surface area contributed by atoms with Crippen LogP contribution in [0.15, 0.2) is 34.5 Å². The summed E-state index contributed by atoms with van der Waals surface area (Å²) >= 11 is 9.59. The molecule has 1 aliphatic rings. The number of allylic oxidation sites excluding steroid dienone is 1. The molecular weight excluding hydrogens is 289 g/mol. The van der Waals surface area contributed by atoms with Gasteiger partial charge in [-0.3, -0.25) is 0 Å². The van der Waals surface area contributed by atoms with Gasteiger partial charge in [-0.15, -0.1) is 0 Å². The van der Waals surface area contributed by atoms with Gasteiger partial charge in [0.25, 0.3) is 0 Å². The molecule has 0 spiro atoms. The fourth-order valence-electron chi connectivity index (χ4n) is 1.71. The molecule has 1 aromatic rings. The number of halogens is 2. The van der Waals surface area contributed by atoms with E-state index in [1.54, 1.807) is 0 Å². The quantitative estimate of drug-likeness (QED) is 0.902. The van der Waals surface area contributed by atoms with E-state index in [1.165, 1.54) is 0 Å². The van der Waals surface area contributed by atoms with Crippen LogP contribution in [-0.2, 0) is 4.74 Å². The molecule has 0 aliphatic carbocycles. The zero-order chi connectivity index (χ0) is 11.5. The van der Waals surface area contributed by atoms with Gasteiger partial charge >= 0.3 is 0 Å². The van der Waals surface area contributed by atoms with Crippen molar-refractivity contribution < 1.29 is 4.74 Å². The first-order valence-electron chi connectivity index (χ1n) is 5.22. The maximum Gasteiger partial charge on any atom is 0.113 e. The summed E-state index contributed by atoms with van der Waals surface area (Å²) in [5, 5.41) is 0.657. The molecule has 0 fully saturated rings. The van der Waals surface area contributed by atoms with Gasteiger partial charge in [0, 0.05) is 4.47 Å². The van der Waals surface area contributed by atoms with Crippen LogP contribution in [0, 0.1) is 0 Å². The highest BCUT2D eigenvalue weighted by Gasteiger charge is 2.18. The lowest BCUT2D eigenvalue weighted by Gasteiger charge is -2.21. The van der Waals surface area contributed by atoms with E-state index >= 15 is 0 Å². The molecule has 1 unspecified atom stereocenters. The monoisotopic (exact) mass is 301 g/mol. The standard InChI is InChI=1S/C12H13BrClNO/c13-9-5-3-4-8(11(9)14)12(15)10-6-1-2-7-16-10/h3-6,12H,1-2,7,15H2. The lowest BCUT2D eigenvalue weighted by molar-refractivity contribution is 0.176. The van der Waals surface area contributed by atoms with E-state index in [-0.39, 0.29) is 6.04 Å². The first-order valence-corrected chi connectivity index (χ1v) is 6.39. The van der Waals surface area contributed by atoms with Gasteiger partial charge in [-0.25, -0.2) is 0 Å². The molecule has 1 aromatic carbocycles. The number of hydrogen-bond donors (Lipinski definition) is 1. The average molecular weight is 303 g/mol. The molecule has 4 heteroatoms. The molecule has 0 saturated carbocycles. The summed E-state index contributed by atoms with van der Waals surface area (Å²) in [6.45, 7) is 0.741. The van der Waals surface area contributed by atoms with Crippen molar-refractivity contribution in [3.63, 3.8) is 0 Å². The highest BCUT2D eigenvalue weighted by Crippen LogP contribution is 2.33. The van der Waals surface area contributed by atoms with Crippen LogP contribution >= 0.6 is 27.5 Å². The van der Waals surface area contributed by atoms with Gasteiger partial charge in [0.1, 0.15) is 5.76 Å². The number of nitrogens with two attached hydrogens (primary N) is 1. The Bertz CT molecular complexity index is 419. The Morgan fingerprint density at radius 3 is 2.94 bits per heavy atom. The van der Waals surface area contributed by atoms with Gasteiger partial charge in [-0.1, -0.05) is 23.7 Å². The predicted octanol–water partition coefficient (Wildman–Crippen LogP) is 3.80. The van der Waals surface area contributed by atoms with Crippen LogP contribution in [0.25, 0.3) is 0 Å². The first-order chi connectivity index (χ1) is 7.70. The molecule has 1 atom stereocenters. The molecule has 0 saturated heterocycles. The molecule has 0 bridgehead atoms. The third-order valence-electron chi connectivity index (χ3n) is 2.59. The van der Waals surface area contributed by atoms with Gasteiger partial charge in [0.15, 0.2) is 0 Å².